The first-order chi connectivity index (χ1) is 8.83. The molecule has 0 fully saturated rings. The highest BCUT2D eigenvalue weighted by Gasteiger charge is 2.34. The van der Waals surface area contributed by atoms with Crippen LogP contribution in [0.4, 0.5) is 13.2 Å². The first-order valence-electron chi connectivity index (χ1n) is 5.51. The van der Waals surface area contributed by atoms with E-state index in [1.54, 1.807) is 0 Å². The second-order valence-electron chi connectivity index (χ2n) is 5.09. The molecule has 0 bridgehead atoms. The maximum atomic E-state index is 12.1. The summed E-state index contributed by atoms with van der Waals surface area (Å²) in [7, 11) is -3.86. The summed E-state index contributed by atoms with van der Waals surface area (Å²) in [6.45, 7) is 2.65. The van der Waals surface area contributed by atoms with Gasteiger partial charge in [0.05, 0.1) is 4.75 Å². The largest absolute Gasteiger partial charge is 0.619 e. The Kier molecular flexibility index (Phi) is 4.23. The fourth-order valence-corrected chi connectivity index (χ4v) is 2.47. The van der Waals surface area contributed by atoms with Crippen molar-refractivity contribution in [3.63, 3.8) is 0 Å². The van der Waals surface area contributed by atoms with Gasteiger partial charge in [0.1, 0.15) is 4.90 Å². The van der Waals surface area contributed by atoms with Crippen molar-refractivity contribution < 1.29 is 31.1 Å². The Bertz CT molecular complexity index is 591. The molecule has 0 saturated heterocycles. The molecule has 0 saturated carbocycles. The molecule has 0 amide bonds. The molecule has 5 nitrogen and oxygen atoms in total. The van der Waals surface area contributed by atoms with Gasteiger partial charge in [-0.2, -0.15) is 17.9 Å². The van der Waals surface area contributed by atoms with Gasteiger partial charge < -0.3 is 9.94 Å². The lowest BCUT2D eigenvalue weighted by Gasteiger charge is -2.19. The van der Waals surface area contributed by atoms with Crippen LogP contribution >= 0.6 is 0 Å². The van der Waals surface area contributed by atoms with Gasteiger partial charge in [0.15, 0.2) is 28.4 Å². The molecule has 114 valence electrons. The summed E-state index contributed by atoms with van der Waals surface area (Å²) in [5.74, 6) is -0.456. The van der Waals surface area contributed by atoms with Crippen LogP contribution in [-0.4, -0.2) is 25.9 Å². The summed E-state index contributed by atoms with van der Waals surface area (Å²) >= 11 is 0. The third-order valence-corrected chi connectivity index (χ3v) is 4.77. The number of pyridine rings is 1. The molecule has 0 unspecified atom stereocenters. The Hall–Kier alpha value is -1.51. The van der Waals surface area contributed by atoms with Gasteiger partial charge >= 0.3 is 6.18 Å². The van der Waals surface area contributed by atoms with Gasteiger partial charge in [0.25, 0.3) is 0 Å². The first kappa shape index (κ1) is 16.5. The number of alkyl halides is 3. The summed E-state index contributed by atoms with van der Waals surface area (Å²) < 4.78 is 63.7. The van der Waals surface area contributed by atoms with E-state index in [4.69, 9.17) is 0 Å². The van der Waals surface area contributed by atoms with E-state index in [1.165, 1.54) is 20.8 Å². The number of aromatic nitrogens is 1. The minimum atomic E-state index is -4.58. The van der Waals surface area contributed by atoms with Crippen molar-refractivity contribution in [3.8, 4) is 5.75 Å². The molecule has 0 radical (unpaired) electrons. The molecule has 1 aromatic rings. The zero-order valence-electron chi connectivity index (χ0n) is 11.1. The molecule has 20 heavy (non-hydrogen) atoms. The van der Waals surface area contributed by atoms with Crippen LogP contribution in [0.3, 0.4) is 0 Å². The molecule has 0 spiro atoms. The Balaban J connectivity index is 3.17. The van der Waals surface area contributed by atoms with Gasteiger partial charge in [-0.3, -0.25) is 0 Å². The fraction of sp³-hybridized carbons (Fsp3) is 0.545. The van der Waals surface area contributed by atoms with Crippen molar-refractivity contribution in [1.29, 1.82) is 0 Å². The fourth-order valence-electron chi connectivity index (χ4n) is 1.25. The highest BCUT2D eigenvalue weighted by molar-refractivity contribution is 7.92. The second kappa shape index (κ2) is 5.12. The third kappa shape index (κ3) is 3.99. The van der Waals surface area contributed by atoms with Gasteiger partial charge in [-0.1, -0.05) is 0 Å². The average molecular weight is 313 g/mol. The van der Waals surface area contributed by atoms with Gasteiger partial charge in [-0.25, -0.2) is 8.42 Å². The molecule has 0 atom stereocenters. The molecule has 0 aliphatic heterocycles. The standard InChI is InChI=1S/C11H14F3NO4S/c1-10(2,3)20(17,18)9-4-8(5-15(16)6-9)19-7-11(12,13)14/h4-6H,7H2,1-3H3. The van der Waals surface area contributed by atoms with E-state index in [-0.39, 0.29) is 9.63 Å². The number of hydrogen-bond donors (Lipinski definition) is 0. The lowest BCUT2D eigenvalue weighted by molar-refractivity contribution is -0.608. The van der Waals surface area contributed by atoms with Crippen molar-refractivity contribution >= 4 is 9.84 Å². The lowest BCUT2D eigenvalue weighted by atomic mass is 10.3. The Morgan fingerprint density at radius 3 is 2.25 bits per heavy atom. The molecule has 0 N–H and O–H groups in total. The number of rotatable bonds is 3. The van der Waals surface area contributed by atoms with Gasteiger partial charge in [0, 0.05) is 6.07 Å². The zero-order chi connectivity index (χ0) is 15.8. The average Bonchev–Trinajstić information content (AvgIpc) is 2.23. The van der Waals surface area contributed by atoms with E-state index in [0.717, 1.165) is 18.5 Å². The monoisotopic (exact) mass is 313 g/mol. The van der Waals surface area contributed by atoms with E-state index >= 15 is 0 Å². The zero-order valence-corrected chi connectivity index (χ0v) is 11.9. The molecule has 0 aromatic carbocycles. The van der Waals surface area contributed by atoms with Crippen LogP contribution in [-0.2, 0) is 9.84 Å². The van der Waals surface area contributed by atoms with Gasteiger partial charge in [-0.15, -0.1) is 0 Å². The Labute approximate surface area is 114 Å². The quantitative estimate of drug-likeness (QED) is 0.630. The molecule has 9 heteroatoms. The predicted molar refractivity (Wildman–Crippen MR) is 63.9 cm³/mol. The van der Waals surface area contributed by atoms with Crippen molar-refractivity contribution in [2.24, 2.45) is 0 Å². The number of hydrogen-bond acceptors (Lipinski definition) is 4. The topological polar surface area (TPSA) is 70.3 Å². The summed E-state index contributed by atoms with van der Waals surface area (Å²) in [4.78, 5) is -0.389. The van der Waals surface area contributed by atoms with E-state index in [1.807, 2.05) is 0 Å². The molecular formula is C11H14F3NO4S. The van der Waals surface area contributed by atoms with Crippen LogP contribution in [0.25, 0.3) is 0 Å². The predicted octanol–water partition coefficient (Wildman–Crippen LogP) is 1.83. The van der Waals surface area contributed by atoms with Crippen LogP contribution in [0.15, 0.2) is 23.4 Å². The maximum Gasteiger partial charge on any atom is 0.422 e. The maximum absolute atomic E-state index is 12.1. The third-order valence-electron chi connectivity index (χ3n) is 2.31. The summed E-state index contributed by atoms with van der Waals surface area (Å²) in [5.41, 5.74) is 0. The molecular weight excluding hydrogens is 299 g/mol. The van der Waals surface area contributed by atoms with Crippen molar-refractivity contribution in [2.75, 3.05) is 6.61 Å². The van der Waals surface area contributed by atoms with Crippen LogP contribution in [0, 0.1) is 5.21 Å². The van der Waals surface area contributed by atoms with E-state index < -0.39 is 33.1 Å². The highest BCUT2D eigenvalue weighted by Crippen LogP contribution is 2.26. The van der Waals surface area contributed by atoms with Crippen LogP contribution in [0.5, 0.6) is 5.75 Å². The summed E-state index contributed by atoms with van der Waals surface area (Å²) in [6, 6.07) is 0.903. The highest BCUT2D eigenvalue weighted by atomic mass is 32.2. The van der Waals surface area contributed by atoms with Crippen LogP contribution < -0.4 is 9.47 Å². The van der Waals surface area contributed by atoms with Gasteiger partial charge in [0.2, 0.25) is 6.20 Å². The number of ether oxygens (including phenoxy) is 1. The molecule has 1 aromatic heterocycles. The molecule has 0 aliphatic carbocycles. The van der Waals surface area contributed by atoms with E-state index in [2.05, 4.69) is 4.74 Å². The lowest BCUT2D eigenvalue weighted by Crippen LogP contribution is -2.32. The smallest absolute Gasteiger partial charge is 0.422 e. The Morgan fingerprint density at radius 2 is 1.80 bits per heavy atom. The summed E-state index contributed by atoms with van der Waals surface area (Å²) in [5, 5.41) is 11.3. The normalized spacial score (nSPS) is 13.3. The minimum absolute atomic E-state index is 0.102. The Morgan fingerprint density at radius 1 is 1.25 bits per heavy atom. The summed E-state index contributed by atoms with van der Waals surface area (Å²) in [6.07, 6.45) is -3.07. The number of nitrogens with zero attached hydrogens (tertiary/aromatic N) is 1. The first-order valence-corrected chi connectivity index (χ1v) is 6.99. The van der Waals surface area contributed by atoms with E-state index in [0.29, 0.717) is 0 Å². The van der Waals surface area contributed by atoms with E-state index in [9.17, 15) is 26.8 Å². The van der Waals surface area contributed by atoms with Gasteiger partial charge in [-0.05, 0) is 20.8 Å². The van der Waals surface area contributed by atoms with Crippen molar-refractivity contribution in [1.82, 2.24) is 0 Å². The van der Waals surface area contributed by atoms with Crippen LogP contribution in [0.2, 0.25) is 0 Å². The SMILES string of the molecule is CC(C)(C)S(=O)(=O)c1cc(OCC(F)(F)F)c[n+]([O-])c1. The molecule has 1 heterocycles. The molecule has 0 aliphatic rings. The molecule has 1 rings (SSSR count). The number of sulfone groups is 1. The minimum Gasteiger partial charge on any atom is -0.619 e. The van der Waals surface area contributed by atoms with Crippen molar-refractivity contribution in [3.05, 3.63) is 23.7 Å². The number of halogens is 3. The van der Waals surface area contributed by atoms with Crippen LogP contribution in [0.1, 0.15) is 20.8 Å². The second-order valence-corrected chi connectivity index (χ2v) is 7.79. The van der Waals surface area contributed by atoms with Crippen molar-refractivity contribution in [2.45, 2.75) is 36.6 Å².